The summed E-state index contributed by atoms with van der Waals surface area (Å²) < 4.78 is 0. The molecule has 0 bridgehead atoms. The van der Waals surface area contributed by atoms with Gasteiger partial charge in [0, 0.05) is 41.6 Å². The Morgan fingerprint density at radius 2 is 1.61 bits per heavy atom. The Morgan fingerprint density at radius 3 is 2.36 bits per heavy atom. The van der Waals surface area contributed by atoms with Crippen LogP contribution in [0.25, 0.3) is 33.3 Å². The standard InChI is InChI=1S/C28H25N5/c29-19-21-6-8-23(9-7-21)27-24(22-4-2-1-3-5-22)18-25-26(33-27)13-17-32-28(25)31-16-12-20-10-14-30-15-11-20/h1-11,13-15,17-18H,12,16,19,29H2,(H,31,32)/p+2. The van der Waals surface area contributed by atoms with E-state index in [1.165, 1.54) is 11.1 Å². The first-order valence-corrected chi connectivity index (χ1v) is 11.2. The molecular weight excluding hydrogens is 406 g/mol. The molecular formula is C28H27N5+2. The Balaban J connectivity index is 1.56. The van der Waals surface area contributed by atoms with E-state index >= 15 is 0 Å². The lowest BCUT2D eigenvalue weighted by atomic mass is 9.97. The summed E-state index contributed by atoms with van der Waals surface area (Å²) in [6.07, 6.45) is 6.53. The number of nitrogens with one attached hydrogen (secondary N) is 2. The van der Waals surface area contributed by atoms with E-state index in [0.717, 1.165) is 58.6 Å². The minimum Gasteiger partial charge on any atom is -0.354 e. The van der Waals surface area contributed by atoms with Crippen LogP contribution in [0.4, 0.5) is 5.82 Å². The monoisotopic (exact) mass is 433 g/mol. The minimum atomic E-state index is 0.779. The molecule has 162 valence electrons. The maximum Gasteiger partial charge on any atom is 0.281 e. The van der Waals surface area contributed by atoms with Crippen LogP contribution in [-0.2, 0) is 13.0 Å². The number of hydrogen-bond acceptors (Lipinski definition) is 3. The highest BCUT2D eigenvalue weighted by Crippen LogP contribution is 2.34. The van der Waals surface area contributed by atoms with Crippen LogP contribution in [0.15, 0.2) is 97.5 Å². The van der Waals surface area contributed by atoms with E-state index in [1.807, 2.05) is 30.7 Å². The lowest BCUT2D eigenvalue weighted by Gasteiger charge is -2.12. The second-order valence-corrected chi connectivity index (χ2v) is 8.02. The first-order chi connectivity index (χ1) is 16.3. The summed E-state index contributed by atoms with van der Waals surface area (Å²) >= 11 is 0. The zero-order chi connectivity index (χ0) is 22.5. The highest BCUT2D eigenvalue weighted by atomic mass is 15.0. The molecule has 0 unspecified atom stereocenters. The van der Waals surface area contributed by atoms with E-state index in [4.69, 9.17) is 4.98 Å². The number of nitrogens with zero attached hydrogens (tertiary/aromatic N) is 2. The molecule has 5 N–H and O–H groups in total. The third kappa shape index (κ3) is 4.59. The van der Waals surface area contributed by atoms with E-state index in [0.29, 0.717) is 0 Å². The van der Waals surface area contributed by atoms with Crippen LogP contribution in [-0.4, -0.2) is 16.5 Å². The van der Waals surface area contributed by atoms with Crippen molar-refractivity contribution < 1.29 is 10.7 Å². The molecule has 0 aliphatic carbocycles. The molecule has 0 saturated carbocycles. The van der Waals surface area contributed by atoms with Crippen LogP contribution in [0.3, 0.4) is 0 Å². The number of quaternary nitrogens is 1. The topological polar surface area (TPSA) is 79.6 Å². The van der Waals surface area contributed by atoms with Crippen LogP contribution in [0.5, 0.6) is 0 Å². The summed E-state index contributed by atoms with van der Waals surface area (Å²) in [5.41, 5.74) is 11.8. The van der Waals surface area contributed by atoms with Crippen molar-refractivity contribution in [1.29, 1.82) is 0 Å². The van der Waals surface area contributed by atoms with Crippen molar-refractivity contribution in [3.05, 3.63) is 109 Å². The van der Waals surface area contributed by atoms with E-state index in [2.05, 4.69) is 87.7 Å². The molecule has 0 saturated heterocycles. The fraction of sp³-hybridized carbons (Fsp3) is 0.107. The number of benzene rings is 2. The first kappa shape index (κ1) is 20.8. The highest BCUT2D eigenvalue weighted by molar-refractivity contribution is 5.95. The molecule has 0 spiro atoms. The van der Waals surface area contributed by atoms with Gasteiger partial charge < -0.3 is 5.73 Å². The molecule has 33 heavy (non-hydrogen) atoms. The number of hydrogen-bond donors (Lipinski definition) is 2. The molecule has 0 atom stereocenters. The maximum absolute atomic E-state index is 5.12. The van der Waals surface area contributed by atoms with E-state index in [1.54, 1.807) is 0 Å². The Bertz CT molecular complexity index is 1350. The van der Waals surface area contributed by atoms with Crippen molar-refractivity contribution >= 4 is 16.7 Å². The fourth-order valence-corrected chi connectivity index (χ4v) is 4.05. The van der Waals surface area contributed by atoms with Gasteiger partial charge in [0.25, 0.3) is 5.82 Å². The van der Waals surface area contributed by atoms with E-state index in [-0.39, 0.29) is 0 Å². The first-order valence-electron chi connectivity index (χ1n) is 11.2. The Hall–Kier alpha value is -4.09. The van der Waals surface area contributed by atoms with Crippen LogP contribution in [0.2, 0.25) is 0 Å². The molecule has 3 heterocycles. The van der Waals surface area contributed by atoms with Crippen LogP contribution >= 0.6 is 0 Å². The quantitative estimate of drug-likeness (QED) is 0.404. The zero-order valence-electron chi connectivity index (χ0n) is 18.5. The molecule has 5 rings (SSSR count). The number of fused-ring (bicyclic) bond motifs is 1. The van der Waals surface area contributed by atoms with E-state index < -0.39 is 0 Å². The second kappa shape index (κ2) is 9.59. The van der Waals surface area contributed by atoms with Crippen molar-refractivity contribution in [3.63, 3.8) is 0 Å². The van der Waals surface area contributed by atoms with Gasteiger partial charge in [0.2, 0.25) is 0 Å². The Labute approximate surface area is 193 Å². The van der Waals surface area contributed by atoms with Crippen LogP contribution in [0, 0.1) is 0 Å². The largest absolute Gasteiger partial charge is 0.354 e. The third-order valence-corrected chi connectivity index (χ3v) is 5.86. The van der Waals surface area contributed by atoms with Gasteiger partial charge in [-0.05, 0) is 29.3 Å². The molecule has 5 aromatic rings. The average Bonchev–Trinajstić information content (AvgIpc) is 2.89. The number of pyridine rings is 3. The molecule has 5 heteroatoms. The van der Waals surface area contributed by atoms with Gasteiger partial charge in [-0.3, -0.25) is 10.3 Å². The summed E-state index contributed by atoms with van der Waals surface area (Å²) in [4.78, 5) is 12.6. The third-order valence-electron chi connectivity index (χ3n) is 5.86. The average molecular weight is 434 g/mol. The zero-order valence-corrected chi connectivity index (χ0v) is 18.5. The van der Waals surface area contributed by atoms with Gasteiger partial charge in [-0.25, -0.2) is 9.97 Å². The molecule has 5 nitrogen and oxygen atoms in total. The van der Waals surface area contributed by atoms with Gasteiger partial charge in [-0.2, -0.15) is 0 Å². The predicted molar refractivity (Wildman–Crippen MR) is 132 cm³/mol. The molecule has 2 aromatic carbocycles. The SMILES string of the molecule is [NH3+]Cc1ccc(-c2nc3cc[nH+]c(NCCc4ccncc4)c3cc2-c2ccccc2)cc1. The number of anilines is 1. The molecule has 0 fully saturated rings. The van der Waals surface area contributed by atoms with Gasteiger partial charge >= 0.3 is 0 Å². The van der Waals surface area contributed by atoms with E-state index in [9.17, 15) is 0 Å². The van der Waals surface area contributed by atoms with Gasteiger partial charge in [0.15, 0.2) is 0 Å². The van der Waals surface area contributed by atoms with Crippen molar-refractivity contribution in [3.8, 4) is 22.4 Å². The van der Waals surface area contributed by atoms with Crippen molar-refractivity contribution in [1.82, 2.24) is 9.97 Å². The van der Waals surface area contributed by atoms with Crippen molar-refractivity contribution in [2.75, 3.05) is 11.9 Å². The number of rotatable bonds is 7. The lowest BCUT2D eigenvalue weighted by molar-refractivity contribution is -0.386. The van der Waals surface area contributed by atoms with Gasteiger partial charge in [0.1, 0.15) is 0 Å². The van der Waals surface area contributed by atoms with Crippen molar-refractivity contribution in [2.45, 2.75) is 13.0 Å². The van der Waals surface area contributed by atoms with Crippen LogP contribution < -0.4 is 16.0 Å². The summed E-state index contributed by atoms with van der Waals surface area (Å²) in [7, 11) is 0. The highest BCUT2D eigenvalue weighted by Gasteiger charge is 2.16. The lowest BCUT2D eigenvalue weighted by Crippen LogP contribution is -2.47. The predicted octanol–water partition coefficient (Wildman–Crippen LogP) is 4.17. The molecule has 0 radical (unpaired) electrons. The van der Waals surface area contributed by atoms with Gasteiger partial charge in [-0.15, -0.1) is 0 Å². The number of aromatic amines is 1. The molecule has 0 aliphatic rings. The number of H-pyrrole nitrogens is 1. The van der Waals surface area contributed by atoms with Gasteiger partial charge in [0.05, 0.1) is 35.9 Å². The summed E-state index contributed by atoms with van der Waals surface area (Å²) in [5, 5.41) is 4.64. The Kier molecular flexibility index (Phi) is 6.04. The summed E-state index contributed by atoms with van der Waals surface area (Å²) in [6, 6.07) is 27.4. The fourth-order valence-electron chi connectivity index (χ4n) is 4.05. The molecule has 0 aliphatic heterocycles. The summed E-state index contributed by atoms with van der Waals surface area (Å²) in [6.45, 7) is 1.59. The molecule has 3 aromatic heterocycles. The normalized spacial score (nSPS) is 10.9. The Morgan fingerprint density at radius 1 is 0.818 bits per heavy atom. The van der Waals surface area contributed by atoms with Crippen molar-refractivity contribution in [2.24, 2.45) is 0 Å². The number of aromatic nitrogens is 3. The van der Waals surface area contributed by atoms with Crippen LogP contribution in [0.1, 0.15) is 11.1 Å². The maximum atomic E-state index is 5.12. The smallest absolute Gasteiger partial charge is 0.281 e. The minimum absolute atomic E-state index is 0.779. The second-order valence-electron chi connectivity index (χ2n) is 8.02. The molecule has 0 amide bonds. The van der Waals surface area contributed by atoms with Gasteiger partial charge in [-0.1, -0.05) is 54.6 Å². The summed E-state index contributed by atoms with van der Waals surface area (Å²) in [5.74, 6) is 0.977.